The van der Waals surface area contributed by atoms with E-state index in [-0.39, 0.29) is 11.9 Å². The molecular formula is C22H25N7O. The number of fused-ring (bicyclic) bond motifs is 1. The Balaban J connectivity index is 1.33. The van der Waals surface area contributed by atoms with Crippen molar-refractivity contribution in [3.8, 4) is 0 Å². The lowest BCUT2D eigenvalue weighted by Crippen LogP contribution is -2.49. The molecule has 0 spiro atoms. The van der Waals surface area contributed by atoms with Gasteiger partial charge in [0.15, 0.2) is 0 Å². The molecule has 2 aliphatic heterocycles. The van der Waals surface area contributed by atoms with E-state index in [2.05, 4.69) is 32.3 Å². The highest BCUT2D eigenvalue weighted by Gasteiger charge is 2.34. The van der Waals surface area contributed by atoms with Gasteiger partial charge < -0.3 is 15.1 Å². The number of piperazine rings is 1. The summed E-state index contributed by atoms with van der Waals surface area (Å²) in [4.78, 5) is 26.2. The zero-order valence-corrected chi connectivity index (χ0v) is 17.0. The number of nitrogens with zero attached hydrogens (tertiary/aromatic N) is 6. The summed E-state index contributed by atoms with van der Waals surface area (Å²) in [5.41, 5.74) is 2.79. The second-order valence-corrected chi connectivity index (χ2v) is 7.64. The Morgan fingerprint density at radius 2 is 1.80 bits per heavy atom. The molecule has 30 heavy (non-hydrogen) atoms. The van der Waals surface area contributed by atoms with E-state index >= 15 is 0 Å². The van der Waals surface area contributed by atoms with Crippen LogP contribution >= 0.6 is 0 Å². The predicted octanol–water partition coefficient (Wildman–Crippen LogP) is 2.36. The Hall–Kier alpha value is -3.42. The van der Waals surface area contributed by atoms with Crippen LogP contribution in [0, 0.1) is 0 Å². The van der Waals surface area contributed by atoms with Gasteiger partial charge in [0.25, 0.3) is 5.91 Å². The van der Waals surface area contributed by atoms with Crippen LogP contribution in [0.2, 0.25) is 0 Å². The Kier molecular flexibility index (Phi) is 4.82. The molecule has 4 heterocycles. The highest BCUT2D eigenvalue weighted by atomic mass is 16.2. The van der Waals surface area contributed by atoms with Crippen LogP contribution in [0.5, 0.6) is 0 Å². The van der Waals surface area contributed by atoms with E-state index in [9.17, 15) is 4.79 Å². The summed E-state index contributed by atoms with van der Waals surface area (Å²) in [5.74, 6) is 1.63. The van der Waals surface area contributed by atoms with Gasteiger partial charge in [-0.25, -0.2) is 14.6 Å². The van der Waals surface area contributed by atoms with E-state index in [1.807, 2.05) is 40.8 Å². The average Bonchev–Trinajstić information content (AvgIpc) is 3.38. The first-order chi connectivity index (χ1) is 14.7. The number of amides is 1. The molecular weight excluding hydrogens is 378 g/mol. The molecule has 2 aromatic heterocycles. The summed E-state index contributed by atoms with van der Waals surface area (Å²) in [7, 11) is 0. The van der Waals surface area contributed by atoms with E-state index < -0.39 is 0 Å². The van der Waals surface area contributed by atoms with Crippen LogP contribution in [0.4, 0.5) is 11.8 Å². The van der Waals surface area contributed by atoms with Gasteiger partial charge in [-0.15, -0.1) is 0 Å². The van der Waals surface area contributed by atoms with Gasteiger partial charge in [-0.2, -0.15) is 5.10 Å². The number of anilines is 2. The van der Waals surface area contributed by atoms with Crippen molar-refractivity contribution < 1.29 is 4.79 Å². The first-order valence-corrected chi connectivity index (χ1v) is 10.5. The van der Waals surface area contributed by atoms with Gasteiger partial charge in [-0.3, -0.25) is 4.79 Å². The minimum atomic E-state index is 0.0583. The summed E-state index contributed by atoms with van der Waals surface area (Å²) in [6.07, 6.45) is 4.23. The number of benzene rings is 1. The van der Waals surface area contributed by atoms with E-state index in [4.69, 9.17) is 5.10 Å². The molecule has 8 nitrogen and oxygen atoms in total. The summed E-state index contributed by atoms with van der Waals surface area (Å²) in [6, 6.07) is 12.3. The number of carbonyl (C=O) groups excluding carboxylic acids is 1. The molecule has 8 heteroatoms. The predicted molar refractivity (Wildman–Crippen MR) is 115 cm³/mol. The third-order valence-electron chi connectivity index (χ3n) is 5.84. The molecule has 3 aromatic rings. The van der Waals surface area contributed by atoms with E-state index in [0.29, 0.717) is 13.1 Å². The first-order valence-electron chi connectivity index (χ1n) is 10.5. The lowest BCUT2D eigenvalue weighted by atomic mass is 10.1. The third kappa shape index (κ3) is 3.28. The largest absolute Gasteiger partial charge is 0.361 e. The molecule has 1 aromatic carbocycles. The lowest BCUT2D eigenvalue weighted by Gasteiger charge is -2.34. The van der Waals surface area contributed by atoms with Crippen molar-refractivity contribution in [1.29, 1.82) is 0 Å². The topological polar surface area (TPSA) is 79.2 Å². The molecule has 154 valence electrons. The van der Waals surface area contributed by atoms with Gasteiger partial charge in [-0.05, 0) is 18.1 Å². The van der Waals surface area contributed by atoms with Crippen molar-refractivity contribution in [2.24, 2.45) is 0 Å². The van der Waals surface area contributed by atoms with Crippen LogP contribution in [-0.2, 0) is 13.0 Å². The molecule has 1 saturated heterocycles. The number of rotatable bonds is 4. The fourth-order valence-electron chi connectivity index (χ4n) is 4.24. The van der Waals surface area contributed by atoms with Gasteiger partial charge in [0, 0.05) is 38.6 Å². The maximum absolute atomic E-state index is 13.5. The fraction of sp³-hybridized carbons (Fsp3) is 0.364. The van der Waals surface area contributed by atoms with Crippen molar-refractivity contribution in [2.75, 3.05) is 36.4 Å². The molecule has 5 rings (SSSR count). The maximum Gasteiger partial charge on any atom is 0.259 e. The second-order valence-electron chi connectivity index (χ2n) is 7.64. The summed E-state index contributed by atoms with van der Waals surface area (Å²) >= 11 is 0. The molecule has 0 radical (unpaired) electrons. The van der Waals surface area contributed by atoms with Gasteiger partial charge in [0.05, 0.1) is 18.3 Å². The van der Waals surface area contributed by atoms with E-state index in [1.54, 1.807) is 12.4 Å². The number of nitrogens with one attached hydrogen (secondary N) is 1. The number of hydrogen-bond donors (Lipinski definition) is 1. The molecule has 1 fully saturated rings. The molecule has 2 aliphatic rings. The standard InChI is InChI=1S/C22H25N7O/c1-2-17-19(20-25-18(15-29(20)26-17)16-7-4-3-5-8-16)21(30)27-11-13-28(14-12-27)22-23-9-6-10-24-22/h3-10,18,25H,2,11-15H2,1H3. The van der Waals surface area contributed by atoms with Crippen LogP contribution in [0.3, 0.4) is 0 Å². The lowest BCUT2D eigenvalue weighted by molar-refractivity contribution is 0.0746. The van der Waals surface area contributed by atoms with Crippen LogP contribution < -0.4 is 10.2 Å². The molecule has 0 aliphatic carbocycles. The average molecular weight is 403 g/mol. The Bertz CT molecular complexity index is 1030. The SMILES string of the molecule is CCc1nn2c(c1C(=O)N1CCN(c3ncccn3)CC1)NC(c1ccccc1)C2. The summed E-state index contributed by atoms with van der Waals surface area (Å²) < 4.78 is 1.96. The van der Waals surface area contributed by atoms with Gasteiger partial charge in [0.2, 0.25) is 5.95 Å². The van der Waals surface area contributed by atoms with Crippen molar-refractivity contribution in [3.05, 3.63) is 65.6 Å². The summed E-state index contributed by atoms with van der Waals surface area (Å²) in [5, 5.41) is 8.29. The first kappa shape index (κ1) is 18.6. The zero-order chi connectivity index (χ0) is 20.5. The highest BCUT2D eigenvalue weighted by Crippen LogP contribution is 2.34. The number of hydrogen-bond acceptors (Lipinski definition) is 6. The van der Waals surface area contributed by atoms with E-state index in [1.165, 1.54) is 5.56 Å². The quantitative estimate of drug-likeness (QED) is 0.721. The smallest absolute Gasteiger partial charge is 0.259 e. The maximum atomic E-state index is 13.5. The zero-order valence-electron chi connectivity index (χ0n) is 17.0. The molecule has 1 amide bonds. The molecule has 0 saturated carbocycles. The van der Waals surface area contributed by atoms with Gasteiger partial charge in [-0.1, -0.05) is 37.3 Å². The Labute approximate surface area is 175 Å². The normalized spacial score (nSPS) is 18.2. The van der Waals surface area contributed by atoms with Crippen LogP contribution in [-0.4, -0.2) is 56.7 Å². The Morgan fingerprint density at radius 3 is 2.50 bits per heavy atom. The second kappa shape index (κ2) is 7.78. The van der Waals surface area contributed by atoms with Crippen molar-refractivity contribution >= 4 is 17.7 Å². The van der Waals surface area contributed by atoms with Gasteiger partial charge >= 0.3 is 0 Å². The molecule has 0 bridgehead atoms. The highest BCUT2D eigenvalue weighted by molar-refractivity contribution is 6.00. The van der Waals surface area contributed by atoms with Gasteiger partial charge in [0.1, 0.15) is 11.4 Å². The monoisotopic (exact) mass is 403 g/mol. The van der Waals surface area contributed by atoms with Crippen molar-refractivity contribution in [2.45, 2.75) is 25.9 Å². The summed E-state index contributed by atoms with van der Waals surface area (Å²) in [6.45, 7) is 5.52. The van der Waals surface area contributed by atoms with Crippen molar-refractivity contribution in [1.82, 2.24) is 24.6 Å². The minimum absolute atomic E-state index is 0.0583. The molecule has 1 atom stereocenters. The molecule has 1 N–H and O–H groups in total. The van der Waals surface area contributed by atoms with E-state index in [0.717, 1.165) is 49.1 Å². The minimum Gasteiger partial charge on any atom is -0.361 e. The molecule has 1 unspecified atom stereocenters. The van der Waals surface area contributed by atoms with Crippen LogP contribution in [0.1, 0.15) is 34.6 Å². The van der Waals surface area contributed by atoms with Crippen molar-refractivity contribution in [3.63, 3.8) is 0 Å². The number of aromatic nitrogens is 4. The number of aryl methyl sites for hydroxylation is 1. The van der Waals surface area contributed by atoms with Crippen LogP contribution in [0.15, 0.2) is 48.8 Å². The fourth-order valence-corrected chi connectivity index (χ4v) is 4.24. The third-order valence-corrected chi connectivity index (χ3v) is 5.84. The Morgan fingerprint density at radius 1 is 1.07 bits per heavy atom. The number of carbonyl (C=O) groups is 1. The van der Waals surface area contributed by atoms with Crippen LogP contribution in [0.25, 0.3) is 0 Å².